The van der Waals surface area contributed by atoms with Crippen LogP contribution in [0.3, 0.4) is 0 Å². The van der Waals surface area contributed by atoms with Crippen molar-refractivity contribution in [1.29, 1.82) is 5.26 Å². The number of carbonyl (C=O) groups excluding carboxylic acids is 1. The summed E-state index contributed by atoms with van der Waals surface area (Å²) in [5, 5.41) is 20.4. The zero-order valence-electron chi connectivity index (χ0n) is 16.0. The molecule has 1 aromatic rings. The number of benzene rings is 1. The number of nitro benzene ring substituents is 1. The topological polar surface area (TPSA) is 90.5 Å². The van der Waals surface area contributed by atoms with Crippen molar-refractivity contribution in [2.75, 3.05) is 19.6 Å². The van der Waals surface area contributed by atoms with Crippen LogP contribution in [0.25, 0.3) is 0 Å². The number of carbonyl (C=O) groups is 1. The van der Waals surface area contributed by atoms with Crippen LogP contribution >= 0.6 is 0 Å². The van der Waals surface area contributed by atoms with Gasteiger partial charge < -0.3 is 4.90 Å². The number of nitriles is 1. The summed E-state index contributed by atoms with van der Waals surface area (Å²) in [6, 6.07) is 5.21. The van der Waals surface area contributed by atoms with E-state index in [0.29, 0.717) is 24.2 Å². The van der Waals surface area contributed by atoms with Gasteiger partial charge in [0.25, 0.3) is 5.69 Å². The van der Waals surface area contributed by atoms with Crippen LogP contribution in [0.15, 0.2) is 12.1 Å². The van der Waals surface area contributed by atoms with Gasteiger partial charge in [-0.15, -0.1) is 0 Å². The minimum atomic E-state index is -0.430. The van der Waals surface area contributed by atoms with Gasteiger partial charge >= 0.3 is 0 Å². The lowest BCUT2D eigenvalue weighted by molar-refractivity contribution is -0.385. The Bertz CT molecular complexity index is 780. The fraction of sp³-hybridized carbons (Fsp3) is 0.600. The first-order valence-corrected chi connectivity index (χ1v) is 9.61. The largest absolute Gasteiger partial charge is 0.337 e. The first-order valence-electron chi connectivity index (χ1n) is 9.61. The highest BCUT2D eigenvalue weighted by Crippen LogP contribution is 2.29. The molecule has 7 heteroatoms. The molecule has 0 aromatic heterocycles. The standard InChI is InChI=1S/C20H26N4O3/c1-14-12-22(7-8-23(14)20(25)17-5-3-4-6-17)13-18-9-16(11-21)10-19(15(18)2)24(26)27/h9-10,14,17H,3-8,12-13H2,1-2H3. The predicted molar refractivity (Wildman–Crippen MR) is 101 cm³/mol. The number of nitro groups is 1. The monoisotopic (exact) mass is 370 g/mol. The van der Waals surface area contributed by atoms with Gasteiger partial charge in [0.15, 0.2) is 0 Å². The van der Waals surface area contributed by atoms with E-state index in [4.69, 9.17) is 0 Å². The van der Waals surface area contributed by atoms with Crippen molar-refractivity contribution in [1.82, 2.24) is 9.80 Å². The predicted octanol–water partition coefficient (Wildman–Crippen LogP) is 3.00. The lowest BCUT2D eigenvalue weighted by atomic mass is 10.0. The first kappa shape index (κ1) is 19.3. The van der Waals surface area contributed by atoms with Crippen LogP contribution in [-0.2, 0) is 11.3 Å². The molecule has 27 heavy (non-hydrogen) atoms. The number of amides is 1. The van der Waals surface area contributed by atoms with Gasteiger partial charge in [-0.1, -0.05) is 12.8 Å². The Kier molecular flexibility index (Phi) is 5.76. The highest BCUT2D eigenvalue weighted by molar-refractivity contribution is 5.79. The normalized spacial score (nSPS) is 21.2. The smallest absolute Gasteiger partial charge is 0.273 e. The average molecular weight is 370 g/mol. The maximum Gasteiger partial charge on any atom is 0.273 e. The van der Waals surface area contributed by atoms with Gasteiger partial charge in [-0.05, 0) is 38.3 Å². The SMILES string of the molecule is Cc1c(CN2CCN(C(=O)C3CCCC3)C(C)C2)cc(C#N)cc1[N+](=O)[O-]. The molecule has 2 fully saturated rings. The zero-order chi connectivity index (χ0) is 19.6. The number of hydrogen-bond acceptors (Lipinski definition) is 5. The molecule has 1 aromatic carbocycles. The lowest BCUT2D eigenvalue weighted by Crippen LogP contribution is -2.54. The summed E-state index contributed by atoms with van der Waals surface area (Å²) in [6.07, 6.45) is 4.32. The number of hydrogen-bond donors (Lipinski definition) is 0. The van der Waals surface area contributed by atoms with Crippen molar-refractivity contribution >= 4 is 11.6 Å². The Labute approximate surface area is 159 Å². The van der Waals surface area contributed by atoms with Crippen LogP contribution in [0, 0.1) is 34.3 Å². The Morgan fingerprint density at radius 2 is 2.04 bits per heavy atom. The highest BCUT2D eigenvalue weighted by Gasteiger charge is 2.33. The van der Waals surface area contributed by atoms with Crippen molar-refractivity contribution in [3.8, 4) is 6.07 Å². The second-order valence-electron chi connectivity index (χ2n) is 7.75. The van der Waals surface area contributed by atoms with Crippen molar-refractivity contribution in [2.24, 2.45) is 5.92 Å². The molecular weight excluding hydrogens is 344 g/mol. The molecule has 0 radical (unpaired) electrons. The minimum absolute atomic E-state index is 0.00727. The summed E-state index contributed by atoms with van der Waals surface area (Å²) < 4.78 is 0. The quantitative estimate of drug-likeness (QED) is 0.600. The number of nitrogens with zero attached hydrogens (tertiary/aromatic N) is 4. The molecule has 144 valence electrons. The molecule has 1 aliphatic heterocycles. The Hall–Kier alpha value is -2.46. The van der Waals surface area contributed by atoms with E-state index in [1.807, 2.05) is 11.0 Å². The summed E-state index contributed by atoms with van der Waals surface area (Å²) in [6.45, 7) is 6.53. The van der Waals surface area contributed by atoms with Crippen molar-refractivity contribution in [2.45, 2.75) is 52.1 Å². The van der Waals surface area contributed by atoms with Crippen molar-refractivity contribution in [3.63, 3.8) is 0 Å². The van der Waals surface area contributed by atoms with E-state index in [0.717, 1.165) is 44.3 Å². The molecule has 1 amide bonds. The van der Waals surface area contributed by atoms with E-state index in [2.05, 4.69) is 11.8 Å². The fourth-order valence-electron chi connectivity index (χ4n) is 4.33. The molecular formula is C20H26N4O3. The molecule has 1 aliphatic carbocycles. The maximum absolute atomic E-state index is 12.7. The van der Waals surface area contributed by atoms with Crippen LogP contribution in [0.4, 0.5) is 5.69 Å². The van der Waals surface area contributed by atoms with E-state index in [1.54, 1.807) is 13.0 Å². The van der Waals surface area contributed by atoms with Gasteiger partial charge in [0.2, 0.25) is 5.91 Å². The van der Waals surface area contributed by atoms with E-state index < -0.39 is 4.92 Å². The van der Waals surface area contributed by atoms with Crippen LogP contribution in [0.2, 0.25) is 0 Å². The van der Waals surface area contributed by atoms with E-state index in [9.17, 15) is 20.2 Å². The molecule has 1 saturated heterocycles. The zero-order valence-corrected chi connectivity index (χ0v) is 16.0. The van der Waals surface area contributed by atoms with E-state index in [1.165, 1.54) is 6.07 Å². The van der Waals surface area contributed by atoms with Gasteiger partial charge in [-0.2, -0.15) is 5.26 Å². The van der Waals surface area contributed by atoms with Crippen LogP contribution < -0.4 is 0 Å². The Morgan fingerprint density at radius 3 is 2.63 bits per heavy atom. The third-order valence-corrected chi connectivity index (χ3v) is 5.91. The fourth-order valence-corrected chi connectivity index (χ4v) is 4.33. The van der Waals surface area contributed by atoms with Crippen molar-refractivity contribution < 1.29 is 9.72 Å². The summed E-state index contributed by atoms with van der Waals surface area (Å²) >= 11 is 0. The maximum atomic E-state index is 12.7. The molecule has 1 saturated carbocycles. The van der Waals surface area contributed by atoms with Gasteiger partial charge in [0.1, 0.15) is 0 Å². The lowest BCUT2D eigenvalue weighted by Gasteiger charge is -2.41. The minimum Gasteiger partial charge on any atom is -0.337 e. The molecule has 0 spiro atoms. The summed E-state index contributed by atoms with van der Waals surface area (Å²) in [5.41, 5.74) is 1.72. The average Bonchev–Trinajstić information content (AvgIpc) is 3.17. The van der Waals surface area contributed by atoms with Gasteiger partial charge in [0.05, 0.1) is 16.6 Å². The molecule has 7 nitrogen and oxygen atoms in total. The molecule has 0 N–H and O–H groups in total. The van der Waals surface area contributed by atoms with Crippen LogP contribution in [0.1, 0.15) is 49.3 Å². The first-order chi connectivity index (χ1) is 12.9. The van der Waals surface area contributed by atoms with Crippen molar-refractivity contribution in [3.05, 3.63) is 38.9 Å². The van der Waals surface area contributed by atoms with Gasteiger partial charge in [-0.3, -0.25) is 19.8 Å². The molecule has 0 bridgehead atoms. The molecule has 1 heterocycles. The Balaban J connectivity index is 1.70. The number of piperazine rings is 1. The summed E-state index contributed by atoms with van der Waals surface area (Å²) in [5.74, 6) is 0.481. The van der Waals surface area contributed by atoms with Crippen LogP contribution in [-0.4, -0.2) is 46.3 Å². The third-order valence-electron chi connectivity index (χ3n) is 5.91. The summed E-state index contributed by atoms with van der Waals surface area (Å²) in [7, 11) is 0. The van der Waals surface area contributed by atoms with E-state index >= 15 is 0 Å². The van der Waals surface area contributed by atoms with Gasteiger partial charge in [-0.25, -0.2) is 0 Å². The molecule has 3 rings (SSSR count). The second kappa shape index (κ2) is 8.05. The molecule has 1 unspecified atom stereocenters. The second-order valence-corrected chi connectivity index (χ2v) is 7.75. The molecule has 2 aliphatic rings. The van der Waals surface area contributed by atoms with Gasteiger partial charge in [0, 0.05) is 49.8 Å². The number of rotatable bonds is 4. The van der Waals surface area contributed by atoms with E-state index in [-0.39, 0.29) is 23.6 Å². The molecule has 1 atom stereocenters. The van der Waals surface area contributed by atoms with Crippen LogP contribution in [0.5, 0.6) is 0 Å². The highest BCUT2D eigenvalue weighted by atomic mass is 16.6. The third kappa shape index (κ3) is 4.11. The Morgan fingerprint density at radius 1 is 1.33 bits per heavy atom. The summed E-state index contributed by atoms with van der Waals surface area (Å²) in [4.78, 5) is 27.8.